The number of anilines is 1. The smallest absolute Gasteiger partial charge is 0.253 e. The van der Waals surface area contributed by atoms with Crippen LogP contribution in [0.4, 0.5) is 5.13 Å². The minimum atomic E-state index is -0.0281. The van der Waals surface area contributed by atoms with E-state index in [0.717, 1.165) is 25.0 Å². The Bertz CT molecular complexity index is 1090. The molecule has 2 atom stereocenters. The molecule has 2 N–H and O–H groups in total. The Morgan fingerprint density at radius 2 is 2.13 bits per heavy atom. The van der Waals surface area contributed by atoms with Crippen LogP contribution in [0.3, 0.4) is 0 Å². The lowest BCUT2D eigenvalue weighted by molar-refractivity contribution is -0.130. The van der Waals surface area contributed by atoms with Crippen molar-refractivity contribution in [3.8, 4) is 0 Å². The number of hydrogen-bond donors (Lipinski definition) is 1. The summed E-state index contributed by atoms with van der Waals surface area (Å²) in [5, 5.41) is 19.0. The molecule has 0 bridgehead atoms. The molecule has 4 heterocycles. The van der Waals surface area contributed by atoms with Crippen LogP contribution in [0.2, 0.25) is 0 Å². The number of carbonyl (C=O) groups excluding carboxylic acids is 1. The molecule has 3 aromatic rings. The molecule has 1 fully saturated rings. The van der Waals surface area contributed by atoms with E-state index >= 15 is 0 Å². The van der Waals surface area contributed by atoms with E-state index in [2.05, 4.69) is 45.2 Å². The van der Waals surface area contributed by atoms with Crippen LogP contribution in [0.5, 0.6) is 0 Å². The quantitative estimate of drug-likeness (QED) is 0.518. The molecule has 0 radical (unpaired) electrons. The van der Waals surface area contributed by atoms with E-state index in [4.69, 9.17) is 10.8 Å². The second-order valence-corrected chi connectivity index (χ2v) is 11.3. The average Bonchev–Trinajstić information content (AvgIpc) is 3.52. The van der Waals surface area contributed by atoms with Crippen molar-refractivity contribution in [3.05, 3.63) is 50.4 Å². The summed E-state index contributed by atoms with van der Waals surface area (Å²) in [4.78, 5) is 15.6. The summed E-state index contributed by atoms with van der Waals surface area (Å²) >= 11 is 6.09. The molecular formula is C20H19N5OS4. The van der Waals surface area contributed by atoms with E-state index in [1.54, 1.807) is 27.7 Å². The molecule has 0 aromatic carbocycles. The number of thiophene rings is 2. The maximum Gasteiger partial charge on any atom is 0.253 e. The van der Waals surface area contributed by atoms with E-state index < -0.39 is 0 Å². The van der Waals surface area contributed by atoms with Crippen LogP contribution < -0.4 is 5.73 Å². The lowest BCUT2D eigenvalue weighted by Crippen LogP contribution is -2.32. The molecule has 5 rings (SSSR count). The Kier molecular flexibility index (Phi) is 5.72. The monoisotopic (exact) mass is 473 g/mol. The third-order valence-corrected chi connectivity index (χ3v) is 8.83. The average molecular weight is 474 g/mol. The van der Waals surface area contributed by atoms with Gasteiger partial charge < -0.3 is 5.73 Å². The highest BCUT2D eigenvalue weighted by atomic mass is 32.2. The van der Waals surface area contributed by atoms with Crippen molar-refractivity contribution < 1.29 is 4.79 Å². The van der Waals surface area contributed by atoms with Gasteiger partial charge in [0.15, 0.2) is 4.34 Å². The van der Waals surface area contributed by atoms with Crippen molar-refractivity contribution in [3.63, 3.8) is 0 Å². The Morgan fingerprint density at radius 1 is 1.27 bits per heavy atom. The Morgan fingerprint density at radius 3 is 2.87 bits per heavy atom. The molecule has 0 spiro atoms. The molecule has 1 aliphatic carbocycles. The normalized spacial score (nSPS) is 22.3. The first-order valence-corrected chi connectivity index (χ1v) is 13.2. The molecule has 1 aliphatic heterocycles. The first-order chi connectivity index (χ1) is 14.7. The maximum atomic E-state index is 13.2. The number of rotatable bonds is 5. The second-order valence-electron chi connectivity index (χ2n) is 7.06. The molecule has 10 heteroatoms. The van der Waals surface area contributed by atoms with Gasteiger partial charge in [-0.3, -0.25) is 4.79 Å². The summed E-state index contributed by atoms with van der Waals surface area (Å²) in [6, 6.07) is 8.32. The number of amides is 1. The predicted octanol–water partition coefficient (Wildman–Crippen LogP) is 5.16. The van der Waals surface area contributed by atoms with E-state index in [1.807, 2.05) is 6.07 Å². The summed E-state index contributed by atoms with van der Waals surface area (Å²) in [5.74, 6) is 0.503. The van der Waals surface area contributed by atoms with Gasteiger partial charge in [-0.15, -0.1) is 32.9 Å². The molecule has 1 amide bonds. The summed E-state index contributed by atoms with van der Waals surface area (Å²) in [5.41, 5.74) is 7.99. The van der Waals surface area contributed by atoms with Gasteiger partial charge in [0.1, 0.15) is 0 Å². The van der Waals surface area contributed by atoms with Crippen LogP contribution in [-0.4, -0.2) is 32.6 Å². The van der Waals surface area contributed by atoms with E-state index in [1.165, 1.54) is 38.4 Å². The van der Waals surface area contributed by atoms with Gasteiger partial charge in [0, 0.05) is 15.7 Å². The minimum absolute atomic E-state index is 0.00968. The molecular weight excluding hydrogens is 455 g/mol. The summed E-state index contributed by atoms with van der Waals surface area (Å²) < 4.78 is 0.705. The van der Waals surface area contributed by atoms with Gasteiger partial charge >= 0.3 is 0 Å². The number of thioether (sulfide) groups is 1. The number of hydrazone groups is 1. The zero-order chi connectivity index (χ0) is 20.5. The van der Waals surface area contributed by atoms with Crippen LogP contribution in [0.15, 0.2) is 50.0 Å². The van der Waals surface area contributed by atoms with Crippen molar-refractivity contribution in [2.24, 2.45) is 11.0 Å². The molecule has 2 aliphatic rings. The van der Waals surface area contributed by atoms with Crippen LogP contribution in [0.1, 0.15) is 35.1 Å². The van der Waals surface area contributed by atoms with Crippen molar-refractivity contribution in [1.82, 2.24) is 15.2 Å². The van der Waals surface area contributed by atoms with Gasteiger partial charge in [-0.05, 0) is 53.8 Å². The topological polar surface area (TPSA) is 84.5 Å². The fraction of sp³-hybridized carbons (Fsp3) is 0.300. The fourth-order valence-electron chi connectivity index (χ4n) is 3.96. The van der Waals surface area contributed by atoms with Crippen molar-refractivity contribution in [1.29, 1.82) is 0 Å². The first-order valence-electron chi connectivity index (χ1n) is 9.59. The molecule has 0 saturated heterocycles. The number of nitrogen functional groups attached to an aromatic ring is 1. The van der Waals surface area contributed by atoms with Gasteiger partial charge in [0.25, 0.3) is 5.91 Å². The molecule has 30 heavy (non-hydrogen) atoms. The van der Waals surface area contributed by atoms with Crippen molar-refractivity contribution in [2.75, 3.05) is 11.5 Å². The van der Waals surface area contributed by atoms with Gasteiger partial charge in [0.2, 0.25) is 5.13 Å². The van der Waals surface area contributed by atoms with Gasteiger partial charge in [0.05, 0.1) is 17.5 Å². The summed E-state index contributed by atoms with van der Waals surface area (Å²) in [6.45, 7) is 0. The molecule has 0 unspecified atom stereocenters. The Labute approximate surface area is 190 Å². The number of carbonyl (C=O) groups is 1. The van der Waals surface area contributed by atoms with Gasteiger partial charge in [-0.2, -0.15) is 5.10 Å². The van der Waals surface area contributed by atoms with Crippen LogP contribution >= 0.6 is 45.8 Å². The SMILES string of the molecule is Nc1nnc(SCC(=O)N2N=C3/C(=C\c4cccs4)CCC[C@H]3[C@@H]2c2cccs2)s1. The predicted molar refractivity (Wildman–Crippen MR) is 126 cm³/mol. The first kappa shape index (κ1) is 19.9. The molecule has 3 aromatic heterocycles. The van der Waals surface area contributed by atoms with Gasteiger partial charge in [-0.1, -0.05) is 35.2 Å². The largest absolute Gasteiger partial charge is 0.374 e. The van der Waals surface area contributed by atoms with Crippen LogP contribution in [0, 0.1) is 5.92 Å². The zero-order valence-corrected chi connectivity index (χ0v) is 19.2. The summed E-state index contributed by atoms with van der Waals surface area (Å²) in [6.07, 6.45) is 5.41. The minimum Gasteiger partial charge on any atom is -0.374 e. The Hall–Kier alpha value is -2.01. The number of aromatic nitrogens is 2. The number of fused-ring (bicyclic) bond motifs is 1. The van der Waals surface area contributed by atoms with Crippen molar-refractivity contribution in [2.45, 2.75) is 29.6 Å². The number of allylic oxidation sites excluding steroid dienone is 1. The van der Waals surface area contributed by atoms with Crippen LogP contribution in [-0.2, 0) is 4.79 Å². The molecule has 6 nitrogen and oxygen atoms in total. The highest BCUT2D eigenvalue weighted by Crippen LogP contribution is 2.46. The molecule has 1 saturated carbocycles. The zero-order valence-electron chi connectivity index (χ0n) is 15.9. The van der Waals surface area contributed by atoms with Gasteiger partial charge in [-0.25, -0.2) is 5.01 Å². The third kappa shape index (κ3) is 3.96. The summed E-state index contributed by atoms with van der Waals surface area (Å²) in [7, 11) is 0. The van der Waals surface area contributed by atoms with E-state index in [9.17, 15) is 4.79 Å². The van der Waals surface area contributed by atoms with E-state index in [-0.39, 0.29) is 23.6 Å². The number of nitrogens with zero attached hydrogens (tertiary/aromatic N) is 4. The standard InChI is InChI=1S/C20H19N5OS4/c21-19-22-23-20(30-19)29-11-16(26)25-18(15-7-3-9-28-15)14-6-1-4-12(17(14)24-25)10-13-5-2-8-27-13/h2-3,5,7-10,14,18H,1,4,6,11H2,(H2,21,22)/b12-10-/t14-,18-/m1/s1. The third-order valence-electron chi connectivity index (χ3n) is 5.19. The number of hydrogen-bond acceptors (Lipinski definition) is 9. The lowest BCUT2D eigenvalue weighted by Gasteiger charge is -2.28. The van der Waals surface area contributed by atoms with Crippen LogP contribution in [0.25, 0.3) is 6.08 Å². The molecule has 154 valence electrons. The highest BCUT2D eigenvalue weighted by molar-refractivity contribution is 8.01. The number of nitrogens with two attached hydrogens (primary N) is 1. The van der Waals surface area contributed by atoms with E-state index in [0.29, 0.717) is 9.47 Å². The fourth-order valence-corrected chi connectivity index (χ4v) is 7.00. The highest BCUT2D eigenvalue weighted by Gasteiger charge is 2.44. The van der Waals surface area contributed by atoms with Crippen molar-refractivity contribution >= 4 is 68.6 Å². The lowest BCUT2D eigenvalue weighted by atomic mass is 9.79. The second kappa shape index (κ2) is 8.62. The maximum absolute atomic E-state index is 13.2. The Balaban J connectivity index is 1.44.